The fourth-order valence-corrected chi connectivity index (χ4v) is 3.42. The zero-order valence-electron chi connectivity index (χ0n) is 8.69. The molecule has 1 saturated heterocycles. The van der Waals surface area contributed by atoms with Crippen molar-refractivity contribution in [1.82, 2.24) is 5.32 Å². The van der Waals surface area contributed by atoms with Gasteiger partial charge in [-0.05, 0) is 19.8 Å². The van der Waals surface area contributed by atoms with E-state index in [4.69, 9.17) is 0 Å². The van der Waals surface area contributed by atoms with E-state index in [0.29, 0.717) is 18.6 Å². The second-order valence-electron chi connectivity index (χ2n) is 3.36. The fourth-order valence-electron chi connectivity index (χ4n) is 1.48. The molecule has 15 heavy (non-hydrogen) atoms. The van der Waals surface area contributed by atoms with Gasteiger partial charge in [-0.25, -0.2) is 13.2 Å². The van der Waals surface area contributed by atoms with Gasteiger partial charge in [0.05, 0.1) is 11.5 Å². The fraction of sp³-hybridized carbons (Fsp3) is 0.750. The monoisotopic (exact) mass is 234 g/mol. The Hall–Kier alpha value is -1.11. The zero-order chi connectivity index (χ0) is 11.5. The molecule has 0 aromatic heterocycles. The molecule has 1 amide bonds. The number of hydrogen-bond donors (Lipinski definition) is 1. The van der Waals surface area contributed by atoms with Gasteiger partial charge in [0.15, 0.2) is 9.84 Å². The van der Waals surface area contributed by atoms with Gasteiger partial charge >= 0.3 is 6.09 Å². The first kappa shape index (κ1) is 12.0. The lowest BCUT2D eigenvalue weighted by Crippen LogP contribution is -2.25. The van der Waals surface area contributed by atoms with Crippen LogP contribution in [0.15, 0.2) is 5.16 Å². The van der Waals surface area contributed by atoms with Crippen molar-refractivity contribution in [3.8, 4) is 0 Å². The predicted molar refractivity (Wildman–Crippen MR) is 55.5 cm³/mol. The highest BCUT2D eigenvalue weighted by atomic mass is 32.2. The summed E-state index contributed by atoms with van der Waals surface area (Å²) in [6, 6.07) is 0. The summed E-state index contributed by atoms with van der Waals surface area (Å²) in [7, 11) is -1.68. The largest absolute Gasteiger partial charge is 0.433 e. The van der Waals surface area contributed by atoms with E-state index in [1.54, 1.807) is 6.92 Å². The summed E-state index contributed by atoms with van der Waals surface area (Å²) in [4.78, 5) is 15.1. The SMILES string of the molecule is CNC(=O)ON=C(C)C1CCCS1(=O)=O. The maximum absolute atomic E-state index is 11.5. The highest BCUT2D eigenvalue weighted by molar-refractivity contribution is 7.93. The van der Waals surface area contributed by atoms with Crippen molar-refractivity contribution in [2.75, 3.05) is 12.8 Å². The number of hydrogen-bond acceptors (Lipinski definition) is 5. The molecule has 1 fully saturated rings. The lowest BCUT2D eigenvalue weighted by molar-refractivity contribution is 0.152. The molecule has 1 aliphatic heterocycles. The van der Waals surface area contributed by atoms with Crippen LogP contribution >= 0.6 is 0 Å². The molecule has 7 heteroatoms. The molecule has 0 bridgehead atoms. The number of oxime groups is 1. The Labute approximate surface area is 88.6 Å². The van der Waals surface area contributed by atoms with Crippen LogP contribution in [0.4, 0.5) is 4.79 Å². The van der Waals surface area contributed by atoms with Crippen molar-refractivity contribution < 1.29 is 18.0 Å². The van der Waals surface area contributed by atoms with Gasteiger partial charge in [0, 0.05) is 7.05 Å². The topological polar surface area (TPSA) is 84.8 Å². The van der Waals surface area contributed by atoms with Gasteiger partial charge in [0.25, 0.3) is 0 Å². The van der Waals surface area contributed by atoms with Crippen molar-refractivity contribution in [1.29, 1.82) is 0 Å². The Kier molecular flexibility index (Phi) is 3.67. The zero-order valence-corrected chi connectivity index (χ0v) is 9.50. The number of nitrogens with one attached hydrogen (secondary N) is 1. The van der Waals surface area contributed by atoms with Gasteiger partial charge in [-0.15, -0.1) is 0 Å². The standard InChI is InChI=1S/C8H14N2O4S/c1-6(10-14-8(11)9-2)7-4-3-5-15(7,12)13/h7H,3-5H2,1-2H3,(H,9,11). The maximum atomic E-state index is 11.5. The molecule has 0 spiro atoms. The molecular weight excluding hydrogens is 220 g/mol. The Morgan fingerprint density at radius 1 is 1.53 bits per heavy atom. The molecule has 0 aromatic carbocycles. The minimum absolute atomic E-state index is 0.185. The Morgan fingerprint density at radius 3 is 2.67 bits per heavy atom. The number of carbonyl (C=O) groups is 1. The molecule has 0 aliphatic carbocycles. The van der Waals surface area contributed by atoms with Crippen LogP contribution in [0.1, 0.15) is 19.8 Å². The summed E-state index contributed by atoms with van der Waals surface area (Å²) in [6.45, 7) is 1.55. The van der Waals surface area contributed by atoms with E-state index in [1.807, 2.05) is 0 Å². The number of carbonyl (C=O) groups excluding carboxylic acids is 1. The predicted octanol–water partition coefficient (Wildman–Crippen LogP) is 0.296. The lowest BCUT2D eigenvalue weighted by Gasteiger charge is -2.07. The van der Waals surface area contributed by atoms with E-state index in [0.717, 1.165) is 0 Å². The highest BCUT2D eigenvalue weighted by Gasteiger charge is 2.33. The van der Waals surface area contributed by atoms with Crippen LogP contribution in [-0.4, -0.2) is 38.3 Å². The van der Waals surface area contributed by atoms with E-state index >= 15 is 0 Å². The van der Waals surface area contributed by atoms with Gasteiger partial charge in [0.2, 0.25) is 0 Å². The molecule has 1 rings (SSSR count). The van der Waals surface area contributed by atoms with Gasteiger partial charge in [-0.1, -0.05) is 5.16 Å². The second-order valence-corrected chi connectivity index (χ2v) is 5.66. The van der Waals surface area contributed by atoms with Crippen molar-refractivity contribution in [3.63, 3.8) is 0 Å². The molecular formula is C8H14N2O4S. The van der Waals surface area contributed by atoms with Crippen LogP contribution < -0.4 is 5.32 Å². The minimum atomic E-state index is -3.08. The van der Waals surface area contributed by atoms with E-state index in [9.17, 15) is 13.2 Å². The smallest absolute Gasteiger partial charge is 0.323 e. The van der Waals surface area contributed by atoms with Crippen molar-refractivity contribution in [2.24, 2.45) is 5.16 Å². The Balaban J connectivity index is 2.68. The third-order valence-corrected chi connectivity index (χ3v) is 4.57. The Morgan fingerprint density at radius 2 is 2.20 bits per heavy atom. The third-order valence-electron chi connectivity index (χ3n) is 2.27. The lowest BCUT2D eigenvalue weighted by atomic mass is 10.2. The van der Waals surface area contributed by atoms with E-state index in [2.05, 4.69) is 15.3 Å². The number of sulfone groups is 1. The average molecular weight is 234 g/mol. The summed E-state index contributed by atoms with van der Waals surface area (Å²) >= 11 is 0. The summed E-state index contributed by atoms with van der Waals surface area (Å²) in [5.41, 5.74) is 0.330. The second kappa shape index (κ2) is 4.61. The normalized spacial score (nSPS) is 24.9. The molecule has 0 aromatic rings. The van der Waals surface area contributed by atoms with Crippen LogP contribution in [-0.2, 0) is 14.7 Å². The molecule has 1 heterocycles. The van der Waals surface area contributed by atoms with E-state index in [1.165, 1.54) is 7.05 Å². The number of rotatable bonds is 2. The average Bonchev–Trinajstić information content (AvgIpc) is 2.53. The van der Waals surface area contributed by atoms with Crippen LogP contribution in [0, 0.1) is 0 Å². The van der Waals surface area contributed by atoms with Crippen molar-refractivity contribution >= 4 is 21.6 Å². The van der Waals surface area contributed by atoms with Gasteiger partial charge in [-0.3, -0.25) is 4.84 Å². The van der Waals surface area contributed by atoms with Gasteiger partial charge in [0.1, 0.15) is 5.25 Å². The first-order valence-corrected chi connectivity index (χ1v) is 6.33. The molecule has 1 N–H and O–H groups in total. The minimum Gasteiger partial charge on any atom is -0.323 e. The molecule has 6 nitrogen and oxygen atoms in total. The highest BCUT2D eigenvalue weighted by Crippen LogP contribution is 2.21. The first-order chi connectivity index (χ1) is 6.97. The quantitative estimate of drug-likeness (QED) is 0.423. The molecule has 1 unspecified atom stereocenters. The molecule has 86 valence electrons. The van der Waals surface area contributed by atoms with Gasteiger partial charge in [-0.2, -0.15) is 0 Å². The van der Waals surface area contributed by atoms with E-state index in [-0.39, 0.29) is 5.75 Å². The molecule has 0 saturated carbocycles. The van der Waals surface area contributed by atoms with Crippen molar-refractivity contribution in [3.05, 3.63) is 0 Å². The van der Waals surface area contributed by atoms with Gasteiger partial charge < -0.3 is 5.32 Å². The van der Waals surface area contributed by atoms with Crippen LogP contribution in [0.3, 0.4) is 0 Å². The summed E-state index contributed by atoms with van der Waals surface area (Å²) in [5, 5.41) is 5.12. The molecule has 0 radical (unpaired) electrons. The van der Waals surface area contributed by atoms with E-state index < -0.39 is 21.2 Å². The first-order valence-electron chi connectivity index (χ1n) is 4.62. The summed E-state index contributed by atoms with van der Waals surface area (Å²) in [6.07, 6.45) is 0.485. The van der Waals surface area contributed by atoms with Crippen LogP contribution in [0.2, 0.25) is 0 Å². The number of amides is 1. The summed E-state index contributed by atoms with van der Waals surface area (Å²) < 4.78 is 23.0. The molecule has 1 atom stereocenters. The summed E-state index contributed by atoms with van der Waals surface area (Å²) in [5.74, 6) is 0.185. The molecule has 1 aliphatic rings. The number of nitrogens with zero attached hydrogens (tertiary/aromatic N) is 1. The maximum Gasteiger partial charge on any atom is 0.433 e. The van der Waals surface area contributed by atoms with Crippen LogP contribution in [0.25, 0.3) is 0 Å². The Bertz CT molecular complexity index is 374. The van der Waals surface area contributed by atoms with Crippen LogP contribution in [0.5, 0.6) is 0 Å². The third kappa shape index (κ3) is 2.92. The van der Waals surface area contributed by atoms with Crippen molar-refractivity contribution in [2.45, 2.75) is 25.0 Å².